The summed E-state index contributed by atoms with van der Waals surface area (Å²) in [4.78, 5) is 65.9. The van der Waals surface area contributed by atoms with Gasteiger partial charge in [-0.3, -0.25) is 38.7 Å². The minimum absolute atomic E-state index is 0.0111. The number of pyridine rings is 1. The third kappa shape index (κ3) is 6.08. The van der Waals surface area contributed by atoms with Crippen LogP contribution in [0.1, 0.15) is 60.6 Å². The molecule has 3 amide bonds. The Bertz CT molecular complexity index is 2420. The van der Waals surface area contributed by atoms with Crippen molar-refractivity contribution in [2.24, 2.45) is 13.0 Å². The highest BCUT2D eigenvalue weighted by molar-refractivity contribution is 6.00. The maximum Gasteiger partial charge on any atom is 0.329 e. The van der Waals surface area contributed by atoms with Gasteiger partial charge in [-0.15, -0.1) is 0 Å². The summed E-state index contributed by atoms with van der Waals surface area (Å²) in [5, 5.41) is 5.45. The molecule has 5 aliphatic rings. The van der Waals surface area contributed by atoms with Crippen LogP contribution in [0.4, 0.5) is 11.4 Å². The van der Waals surface area contributed by atoms with Crippen molar-refractivity contribution in [2.75, 3.05) is 62.2 Å². The fourth-order valence-electron chi connectivity index (χ4n) is 9.52. The Morgan fingerprint density at radius 3 is 2.29 bits per heavy atom. The molecule has 1 aliphatic carbocycles. The standard InChI is InChI=1S/C43H47N9O4/c1-48-37-23-31(6-7-35(37)52(42(48)56)36-8-9-38(53)47-41(36)55)50-16-11-27(12-17-50)25-49-18-20-51(21-19-49)30-4-2-28(3-5-30)33-22-29(10-15-44-33)34-24-32-39(46-34)43(13-14-43)26-45-40(32)54/h2-7,10,15,22-24,27,36,46H,8-9,11-14,16-21,25-26H2,1H3,(H,45,54)(H,47,53,55). The van der Waals surface area contributed by atoms with Crippen molar-refractivity contribution in [1.82, 2.24) is 34.6 Å². The molecule has 2 aromatic carbocycles. The van der Waals surface area contributed by atoms with E-state index in [0.717, 1.165) is 129 Å². The van der Waals surface area contributed by atoms with Gasteiger partial charge in [0.2, 0.25) is 11.8 Å². The van der Waals surface area contributed by atoms with Crippen molar-refractivity contribution in [3.63, 3.8) is 0 Å². The number of aromatic nitrogens is 4. The van der Waals surface area contributed by atoms with Crippen LogP contribution in [0.3, 0.4) is 0 Å². The van der Waals surface area contributed by atoms with E-state index >= 15 is 0 Å². The van der Waals surface area contributed by atoms with Crippen LogP contribution in [0.15, 0.2) is 71.7 Å². The first-order valence-electron chi connectivity index (χ1n) is 20.1. The average molecular weight is 754 g/mol. The van der Waals surface area contributed by atoms with Crippen molar-refractivity contribution in [1.29, 1.82) is 0 Å². The Morgan fingerprint density at radius 1 is 0.786 bits per heavy atom. The molecule has 4 fully saturated rings. The highest BCUT2D eigenvalue weighted by Crippen LogP contribution is 2.50. The van der Waals surface area contributed by atoms with Gasteiger partial charge in [0, 0.05) is 111 Å². The van der Waals surface area contributed by atoms with Gasteiger partial charge in [-0.2, -0.15) is 0 Å². The summed E-state index contributed by atoms with van der Waals surface area (Å²) in [6.45, 7) is 7.84. The van der Waals surface area contributed by atoms with Crippen molar-refractivity contribution in [3.8, 4) is 22.5 Å². The molecule has 56 heavy (non-hydrogen) atoms. The van der Waals surface area contributed by atoms with E-state index in [0.29, 0.717) is 12.3 Å². The Balaban J connectivity index is 0.730. The first-order chi connectivity index (χ1) is 27.2. The predicted molar refractivity (Wildman–Crippen MR) is 215 cm³/mol. The van der Waals surface area contributed by atoms with Gasteiger partial charge in [0.25, 0.3) is 5.91 Å². The number of H-pyrrole nitrogens is 1. The van der Waals surface area contributed by atoms with Crippen LogP contribution in [0.2, 0.25) is 0 Å². The molecule has 3 N–H and O–H groups in total. The van der Waals surface area contributed by atoms with Crippen LogP contribution in [0, 0.1) is 5.92 Å². The molecule has 0 radical (unpaired) electrons. The number of hydrogen-bond acceptors (Lipinski definition) is 8. The van der Waals surface area contributed by atoms with Gasteiger partial charge in [-0.05, 0) is 86.6 Å². The maximum atomic E-state index is 13.2. The zero-order valence-corrected chi connectivity index (χ0v) is 31.7. The molecular weight excluding hydrogens is 707 g/mol. The third-order valence-corrected chi connectivity index (χ3v) is 13.1. The van der Waals surface area contributed by atoms with E-state index in [2.05, 4.69) is 72.8 Å². The highest BCUT2D eigenvalue weighted by Gasteiger charge is 2.50. The molecule has 3 saturated heterocycles. The number of rotatable bonds is 7. The number of fused-ring (bicyclic) bond motifs is 3. The summed E-state index contributed by atoms with van der Waals surface area (Å²) in [6, 6.07) is 20.3. The fraction of sp³-hybridized carbons (Fsp3) is 0.419. The number of anilines is 2. The SMILES string of the molecule is Cn1c(=O)n(C2CCC(=O)NC2=O)c2ccc(N3CCC(CN4CCN(c5ccc(-c6cc(-c7cc8c([nH]7)C7(CC7)CNC8=O)ccn6)cc5)CC4)CC3)cc21. The molecule has 5 aromatic rings. The second-order valence-corrected chi connectivity index (χ2v) is 16.5. The topological polar surface area (TPSA) is 141 Å². The van der Waals surface area contributed by atoms with Crippen LogP contribution in [0.25, 0.3) is 33.5 Å². The first kappa shape index (κ1) is 34.8. The number of carbonyl (C=O) groups excluding carboxylic acids is 3. The Labute approximate surface area is 324 Å². The Morgan fingerprint density at radius 2 is 1.54 bits per heavy atom. The second-order valence-electron chi connectivity index (χ2n) is 16.5. The molecule has 1 unspecified atom stereocenters. The molecule has 13 heteroatoms. The number of imidazole rings is 1. The molecule has 4 aliphatic heterocycles. The van der Waals surface area contributed by atoms with Gasteiger partial charge in [0.15, 0.2) is 0 Å². The molecule has 7 heterocycles. The lowest BCUT2D eigenvalue weighted by Crippen LogP contribution is -2.49. The summed E-state index contributed by atoms with van der Waals surface area (Å²) in [7, 11) is 1.75. The van der Waals surface area contributed by atoms with Gasteiger partial charge in [0.05, 0.1) is 22.3 Å². The molecule has 288 valence electrons. The van der Waals surface area contributed by atoms with Gasteiger partial charge in [0.1, 0.15) is 6.04 Å². The molecule has 3 aromatic heterocycles. The van der Waals surface area contributed by atoms with Gasteiger partial charge in [-0.1, -0.05) is 12.1 Å². The van der Waals surface area contributed by atoms with Crippen LogP contribution in [0.5, 0.6) is 0 Å². The van der Waals surface area contributed by atoms with Crippen molar-refractivity contribution in [3.05, 3.63) is 88.6 Å². The molecular formula is C43H47N9O4. The molecule has 1 spiro atoms. The number of aryl methyl sites for hydroxylation is 1. The van der Waals surface area contributed by atoms with Gasteiger partial charge in [-0.25, -0.2) is 4.79 Å². The fourth-order valence-corrected chi connectivity index (χ4v) is 9.52. The highest BCUT2D eigenvalue weighted by atomic mass is 16.2. The molecule has 10 rings (SSSR count). The van der Waals surface area contributed by atoms with Crippen LogP contribution in [-0.2, 0) is 22.1 Å². The number of carbonyl (C=O) groups is 3. The molecule has 1 saturated carbocycles. The van der Waals surface area contributed by atoms with E-state index in [4.69, 9.17) is 4.98 Å². The zero-order valence-electron chi connectivity index (χ0n) is 31.7. The van der Waals surface area contributed by atoms with E-state index < -0.39 is 11.9 Å². The van der Waals surface area contributed by atoms with E-state index in [1.807, 2.05) is 24.4 Å². The summed E-state index contributed by atoms with van der Waals surface area (Å²) < 4.78 is 3.16. The monoisotopic (exact) mass is 753 g/mol. The van der Waals surface area contributed by atoms with E-state index in [1.54, 1.807) is 16.2 Å². The average Bonchev–Trinajstić information content (AvgIpc) is 3.78. The number of piperazine rings is 1. The van der Waals surface area contributed by atoms with Crippen LogP contribution >= 0.6 is 0 Å². The number of benzene rings is 2. The van der Waals surface area contributed by atoms with Gasteiger partial charge < -0.3 is 20.1 Å². The second kappa shape index (κ2) is 13.5. The molecule has 13 nitrogen and oxygen atoms in total. The first-order valence-corrected chi connectivity index (χ1v) is 20.1. The number of imide groups is 1. The number of amides is 3. The normalized spacial score (nSPS) is 21.4. The summed E-state index contributed by atoms with van der Waals surface area (Å²) >= 11 is 0. The van der Waals surface area contributed by atoms with Crippen LogP contribution < -0.4 is 26.1 Å². The van der Waals surface area contributed by atoms with Crippen LogP contribution in [-0.4, -0.2) is 94.1 Å². The molecule has 0 bridgehead atoms. The minimum Gasteiger partial charge on any atom is -0.371 e. The summed E-state index contributed by atoms with van der Waals surface area (Å²) in [6.07, 6.45) is 6.88. The van der Waals surface area contributed by atoms with E-state index in [1.165, 1.54) is 5.69 Å². The third-order valence-electron chi connectivity index (χ3n) is 13.1. The van der Waals surface area contributed by atoms with E-state index in [9.17, 15) is 19.2 Å². The number of nitrogens with zero attached hydrogens (tertiary/aromatic N) is 6. The smallest absolute Gasteiger partial charge is 0.329 e. The maximum absolute atomic E-state index is 13.2. The number of piperidine rings is 2. The Hall–Kier alpha value is -5.69. The van der Waals surface area contributed by atoms with Crippen molar-refractivity contribution in [2.45, 2.75) is 50.0 Å². The molecule has 1 atom stereocenters. The Kier molecular flexibility index (Phi) is 8.39. The number of aromatic amines is 1. The van der Waals surface area contributed by atoms with Crippen molar-refractivity contribution >= 4 is 40.1 Å². The number of hydrogen-bond donors (Lipinski definition) is 3. The lowest BCUT2D eigenvalue weighted by molar-refractivity contribution is -0.135. The lowest BCUT2D eigenvalue weighted by Gasteiger charge is -2.40. The zero-order chi connectivity index (χ0) is 38.1. The summed E-state index contributed by atoms with van der Waals surface area (Å²) in [5.41, 5.74) is 9.56. The largest absolute Gasteiger partial charge is 0.371 e. The van der Waals surface area contributed by atoms with Crippen molar-refractivity contribution < 1.29 is 14.4 Å². The quantitative estimate of drug-likeness (QED) is 0.211. The lowest BCUT2D eigenvalue weighted by atomic mass is 9.95. The predicted octanol–water partition coefficient (Wildman–Crippen LogP) is 4.19. The van der Waals surface area contributed by atoms with Gasteiger partial charge >= 0.3 is 5.69 Å². The minimum atomic E-state index is -0.677. The van der Waals surface area contributed by atoms with E-state index in [-0.39, 0.29) is 29.3 Å². The summed E-state index contributed by atoms with van der Waals surface area (Å²) in [5.74, 6) is -0.0456. The number of nitrogens with one attached hydrogen (secondary N) is 3.